The van der Waals surface area contributed by atoms with E-state index >= 15 is 0 Å². The van der Waals surface area contributed by atoms with Crippen molar-refractivity contribution in [2.24, 2.45) is 0 Å². The van der Waals surface area contributed by atoms with Gasteiger partial charge in [-0.25, -0.2) is 8.97 Å². The molecule has 0 radical (unpaired) electrons. The van der Waals surface area contributed by atoms with Crippen LogP contribution in [0.25, 0.3) is 21.7 Å². The summed E-state index contributed by atoms with van der Waals surface area (Å²) in [5.74, 6) is 2.35. The van der Waals surface area contributed by atoms with E-state index in [0.29, 0.717) is 5.78 Å². The normalized spacial score (nSPS) is 13.4. The molecule has 8 heteroatoms. The van der Waals surface area contributed by atoms with Crippen molar-refractivity contribution in [2.45, 2.75) is 57.0 Å². The van der Waals surface area contributed by atoms with Crippen molar-refractivity contribution in [2.75, 3.05) is 12.9 Å². The van der Waals surface area contributed by atoms with Crippen LogP contribution in [0.1, 0.15) is 49.5 Å². The molecule has 0 unspecified atom stereocenters. The molecule has 0 aliphatic heterocycles. The zero-order chi connectivity index (χ0) is 21.4. The van der Waals surface area contributed by atoms with E-state index in [4.69, 9.17) is 4.74 Å². The van der Waals surface area contributed by atoms with Crippen LogP contribution in [-0.2, 0) is 12.8 Å². The highest BCUT2D eigenvalue weighted by Crippen LogP contribution is 2.37. The van der Waals surface area contributed by atoms with Gasteiger partial charge in [-0.05, 0) is 55.5 Å². The highest BCUT2D eigenvalue weighted by molar-refractivity contribution is 7.99. The number of methoxy groups -OCH3 is 1. The fourth-order valence-electron chi connectivity index (χ4n) is 4.31. The van der Waals surface area contributed by atoms with Crippen LogP contribution in [0.2, 0.25) is 0 Å². The van der Waals surface area contributed by atoms with Gasteiger partial charge in [-0.3, -0.25) is 4.79 Å². The molecule has 0 spiro atoms. The first-order valence-electron chi connectivity index (χ1n) is 10.9. The third kappa shape index (κ3) is 3.55. The molecule has 31 heavy (non-hydrogen) atoms. The lowest BCUT2D eigenvalue weighted by molar-refractivity contribution is 0.414. The van der Waals surface area contributed by atoms with Gasteiger partial charge in [0.05, 0.1) is 18.2 Å². The fourth-order valence-corrected chi connectivity index (χ4v) is 6.67. The fraction of sp³-hybridized carbons (Fsp3) is 0.435. The lowest BCUT2D eigenvalue weighted by Gasteiger charge is -2.10. The lowest BCUT2D eigenvalue weighted by Crippen LogP contribution is -2.21. The summed E-state index contributed by atoms with van der Waals surface area (Å²) in [4.78, 5) is 16.0. The summed E-state index contributed by atoms with van der Waals surface area (Å²) in [6.45, 7) is 2.23. The Kier molecular flexibility index (Phi) is 5.75. The molecule has 6 nitrogen and oxygen atoms in total. The monoisotopic (exact) mass is 454 g/mol. The van der Waals surface area contributed by atoms with Crippen LogP contribution < -0.4 is 10.3 Å². The quantitative estimate of drug-likeness (QED) is 0.268. The van der Waals surface area contributed by atoms with Gasteiger partial charge in [-0.15, -0.1) is 21.5 Å². The van der Waals surface area contributed by atoms with Gasteiger partial charge in [0.1, 0.15) is 10.6 Å². The molecule has 4 aromatic rings. The van der Waals surface area contributed by atoms with Crippen LogP contribution >= 0.6 is 23.1 Å². The SMILES string of the molecule is CCCCCCSc1nnc2n(-c3ccc(OC)cc3)c(=O)c3c4c(sc3n12)CCC4. The summed E-state index contributed by atoms with van der Waals surface area (Å²) in [5.41, 5.74) is 2.00. The minimum atomic E-state index is -0.000961. The number of nitrogens with zero attached hydrogens (tertiary/aromatic N) is 4. The maximum Gasteiger partial charge on any atom is 0.268 e. The summed E-state index contributed by atoms with van der Waals surface area (Å²) in [6.07, 6.45) is 8.04. The average molecular weight is 455 g/mol. The Labute approximate surface area is 189 Å². The zero-order valence-corrected chi connectivity index (χ0v) is 19.5. The van der Waals surface area contributed by atoms with Crippen molar-refractivity contribution in [1.29, 1.82) is 0 Å². The first-order chi connectivity index (χ1) is 15.2. The van der Waals surface area contributed by atoms with Gasteiger partial charge in [0.2, 0.25) is 5.78 Å². The highest BCUT2D eigenvalue weighted by atomic mass is 32.2. The third-order valence-corrected chi connectivity index (χ3v) is 8.19. The molecular weight excluding hydrogens is 428 g/mol. The van der Waals surface area contributed by atoms with Crippen LogP contribution in [-0.4, -0.2) is 32.0 Å². The molecule has 5 rings (SSSR count). The summed E-state index contributed by atoms with van der Waals surface area (Å²) >= 11 is 3.48. The molecule has 0 fully saturated rings. The van der Waals surface area contributed by atoms with Crippen LogP contribution in [0.4, 0.5) is 0 Å². The lowest BCUT2D eigenvalue weighted by atomic mass is 10.2. The van der Waals surface area contributed by atoms with Gasteiger partial charge < -0.3 is 4.74 Å². The Balaban J connectivity index is 1.68. The van der Waals surface area contributed by atoms with E-state index in [2.05, 4.69) is 21.5 Å². The molecular formula is C23H26N4O2S2. The number of fused-ring (bicyclic) bond motifs is 5. The third-order valence-electron chi connectivity index (χ3n) is 5.90. The van der Waals surface area contributed by atoms with Gasteiger partial charge in [0, 0.05) is 10.6 Å². The number of hydrogen-bond donors (Lipinski definition) is 0. The van der Waals surface area contributed by atoms with Gasteiger partial charge in [-0.2, -0.15) is 0 Å². The molecule has 0 saturated carbocycles. The molecule has 3 aromatic heterocycles. The van der Waals surface area contributed by atoms with Gasteiger partial charge >= 0.3 is 0 Å². The molecule has 3 heterocycles. The maximum atomic E-state index is 13.7. The largest absolute Gasteiger partial charge is 0.497 e. The number of aryl methyl sites for hydroxylation is 2. The number of rotatable bonds is 8. The minimum Gasteiger partial charge on any atom is -0.497 e. The van der Waals surface area contributed by atoms with Crippen LogP contribution in [0, 0.1) is 0 Å². The highest BCUT2D eigenvalue weighted by Gasteiger charge is 2.26. The van der Waals surface area contributed by atoms with Crippen molar-refractivity contribution in [1.82, 2.24) is 19.2 Å². The summed E-state index contributed by atoms with van der Waals surface area (Å²) in [7, 11) is 1.64. The average Bonchev–Trinajstić information content (AvgIpc) is 3.48. The number of aromatic nitrogens is 4. The van der Waals surface area contributed by atoms with Crippen LogP contribution in [0.5, 0.6) is 5.75 Å². The first kappa shape index (κ1) is 20.6. The molecule has 0 amide bonds. The Morgan fingerprint density at radius 3 is 2.74 bits per heavy atom. The van der Waals surface area contributed by atoms with E-state index in [9.17, 15) is 4.79 Å². The van der Waals surface area contributed by atoms with Crippen molar-refractivity contribution in [3.05, 3.63) is 45.1 Å². The molecule has 1 aliphatic carbocycles. The van der Waals surface area contributed by atoms with Gasteiger partial charge in [-0.1, -0.05) is 37.9 Å². The Morgan fingerprint density at radius 1 is 1.13 bits per heavy atom. The Hall–Kier alpha value is -2.32. The van der Waals surface area contributed by atoms with E-state index in [1.54, 1.807) is 34.8 Å². The van der Waals surface area contributed by atoms with Crippen molar-refractivity contribution < 1.29 is 4.74 Å². The van der Waals surface area contributed by atoms with Crippen LogP contribution in [0.15, 0.2) is 34.2 Å². The summed E-state index contributed by atoms with van der Waals surface area (Å²) < 4.78 is 9.11. The number of hydrogen-bond acceptors (Lipinski definition) is 6. The van der Waals surface area contributed by atoms with Crippen LogP contribution in [0.3, 0.4) is 0 Å². The predicted molar refractivity (Wildman–Crippen MR) is 127 cm³/mol. The van der Waals surface area contributed by atoms with Gasteiger partial charge in [0.25, 0.3) is 5.56 Å². The van der Waals surface area contributed by atoms with E-state index in [0.717, 1.165) is 58.2 Å². The van der Waals surface area contributed by atoms with Crippen molar-refractivity contribution >= 4 is 39.1 Å². The molecule has 0 N–H and O–H groups in total. The first-order valence-corrected chi connectivity index (χ1v) is 12.7. The second kappa shape index (κ2) is 8.67. The van der Waals surface area contributed by atoms with E-state index < -0.39 is 0 Å². The maximum absolute atomic E-state index is 13.7. The molecule has 0 saturated heterocycles. The van der Waals surface area contributed by atoms with E-state index in [-0.39, 0.29) is 5.56 Å². The standard InChI is InChI=1S/C23H26N4O2S2/c1-3-4-5-6-14-30-23-25-24-22-26(15-10-12-16(29-2)13-11-15)20(28)19-17-8-7-9-18(17)31-21(19)27(22)23/h10-13H,3-9,14H2,1-2H3. The van der Waals surface area contributed by atoms with Crippen molar-refractivity contribution in [3.8, 4) is 11.4 Å². The number of unbranched alkanes of at least 4 members (excludes halogenated alkanes) is 3. The molecule has 0 atom stereocenters. The minimum absolute atomic E-state index is 0.000961. The predicted octanol–water partition coefficient (Wildman–Crippen LogP) is 5.26. The second-order valence-electron chi connectivity index (χ2n) is 7.90. The smallest absolute Gasteiger partial charge is 0.268 e. The number of benzene rings is 1. The summed E-state index contributed by atoms with van der Waals surface area (Å²) in [6, 6.07) is 7.57. The van der Waals surface area contributed by atoms with E-state index in [1.165, 1.54) is 29.7 Å². The molecule has 1 aliphatic rings. The van der Waals surface area contributed by atoms with Gasteiger partial charge in [0.15, 0.2) is 5.16 Å². The Bertz CT molecular complexity index is 1290. The zero-order valence-electron chi connectivity index (χ0n) is 17.9. The number of thioether (sulfide) groups is 1. The Morgan fingerprint density at radius 2 is 1.97 bits per heavy atom. The molecule has 1 aromatic carbocycles. The molecule has 162 valence electrons. The second-order valence-corrected chi connectivity index (χ2v) is 10.0. The topological polar surface area (TPSA) is 61.4 Å². The number of ether oxygens (including phenoxy) is 1. The number of thiophene rings is 1. The summed E-state index contributed by atoms with van der Waals surface area (Å²) in [5, 5.41) is 10.7. The van der Waals surface area contributed by atoms with Crippen molar-refractivity contribution in [3.63, 3.8) is 0 Å². The van der Waals surface area contributed by atoms with E-state index in [1.807, 2.05) is 24.3 Å². The molecule has 0 bridgehead atoms.